The number of phenols is 1. The molecule has 2 saturated carbocycles. The van der Waals surface area contributed by atoms with Gasteiger partial charge in [0.2, 0.25) is 0 Å². The maximum atomic E-state index is 13.0. The molecule has 3 aliphatic carbocycles. The monoisotopic (exact) mass is 466 g/mol. The number of hydrogen-bond acceptors (Lipinski definition) is 7. The van der Waals surface area contributed by atoms with Crippen molar-refractivity contribution in [2.24, 2.45) is 16.7 Å². The molecule has 0 bridgehead atoms. The van der Waals surface area contributed by atoms with E-state index in [1.807, 2.05) is 6.92 Å². The molecule has 8 heteroatoms. The Balaban J connectivity index is 1.68. The Bertz CT molecular complexity index is 1020. The summed E-state index contributed by atoms with van der Waals surface area (Å²) in [6, 6.07) is 1.24. The molecule has 3 aliphatic rings. The lowest BCUT2D eigenvalue weighted by Gasteiger charge is -2.66. The van der Waals surface area contributed by atoms with Gasteiger partial charge in [-0.25, -0.2) is 4.79 Å². The summed E-state index contributed by atoms with van der Waals surface area (Å²) in [7, 11) is 1.40. The zero-order valence-electron chi connectivity index (χ0n) is 19.0. The first kappa shape index (κ1) is 23.4. The third-order valence-electron chi connectivity index (χ3n) is 8.04. The van der Waals surface area contributed by atoms with Crippen LogP contribution in [0.3, 0.4) is 0 Å². The molecule has 2 fully saturated rings. The molecular formula is C24H31ClO7. The van der Waals surface area contributed by atoms with Gasteiger partial charge in [-0.2, -0.15) is 0 Å². The normalized spacial score (nSPS) is 37.1. The van der Waals surface area contributed by atoms with Crippen LogP contribution in [0.4, 0.5) is 0 Å². The lowest BCUT2D eigenvalue weighted by Crippen LogP contribution is -2.75. The third-order valence-corrected chi connectivity index (χ3v) is 8.51. The van der Waals surface area contributed by atoms with Gasteiger partial charge in [0.15, 0.2) is 0 Å². The Morgan fingerprint density at radius 1 is 1.25 bits per heavy atom. The number of aliphatic hydroxyl groups excluding tert-OH is 1. The molecule has 5 atom stereocenters. The second-order valence-electron chi connectivity index (χ2n) is 10.6. The number of benzene rings is 1. The van der Waals surface area contributed by atoms with Gasteiger partial charge in [0.25, 0.3) is 0 Å². The lowest BCUT2D eigenvalue weighted by molar-refractivity contribution is -0.264. The summed E-state index contributed by atoms with van der Waals surface area (Å²) in [6.45, 7) is 7.14. The maximum absolute atomic E-state index is 13.0. The molecule has 32 heavy (non-hydrogen) atoms. The molecule has 0 amide bonds. The Kier molecular flexibility index (Phi) is 5.18. The molecule has 0 radical (unpaired) electrons. The highest BCUT2D eigenvalue weighted by atomic mass is 35.5. The van der Waals surface area contributed by atoms with Crippen LogP contribution in [0.5, 0.6) is 11.5 Å². The van der Waals surface area contributed by atoms with Crippen molar-refractivity contribution in [2.75, 3.05) is 13.7 Å². The molecule has 4 rings (SSSR count). The number of rotatable bonds is 4. The highest BCUT2D eigenvalue weighted by Crippen LogP contribution is 2.69. The van der Waals surface area contributed by atoms with Crippen molar-refractivity contribution in [2.45, 2.75) is 64.3 Å². The molecular weight excluding hydrogens is 436 g/mol. The molecule has 1 aromatic rings. The molecule has 0 aromatic heterocycles. The van der Waals surface area contributed by atoms with E-state index in [0.29, 0.717) is 24.8 Å². The van der Waals surface area contributed by atoms with Crippen molar-refractivity contribution in [3.05, 3.63) is 33.9 Å². The quantitative estimate of drug-likeness (QED) is 0.398. The van der Waals surface area contributed by atoms with E-state index in [1.54, 1.807) is 13.0 Å². The second kappa shape index (κ2) is 7.10. The topological polar surface area (TPSA) is 116 Å². The van der Waals surface area contributed by atoms with Gasteiger partial charge in [0, 0.05) is 17.4 Å². The number of methoxy groups -OCH3 is 1. The summed E-state index contributed by atoms with van der Waals surface area (Å²) in [5.74, 6) is -1.17. The van der Waals surface area contributed by atoms with Crippen LogP contribution >= 0.6 is 11.6 Å². The highest BCUT2D eigenvalue weighted by Gasteiger charge is 2.75. The van der Waals surface area contributed by atoms with Crippen LogP contribution in [0.1, 0.15) is 56.0 Å². The van der Waals surface area contributed by atoms with Gasteiger partial charge in [0.1, 0.15) is 28.8 Å². The second-order valence-corrected chi connectivity index (χ2v) is 11.0. The number of carbonyl (C=O) groups excluding carboxylic acids is 1. The first-order valence-corrected chi connectivity index (χ1v) is 11.2. The minimum absolute atomic E-state index is 0.100. The smallest absolute Gasteiger partial charge is 0.342 e. The third kappa shape index (κ3) is 2.94. The summed E-state index contributed by atoms with van der Waals surface area (Å²) in [5, 5.41) is 43.8. The van der Waals surface area contributed by atoms with Crippen LogP contribution in [-0.2, 0) is 4.74 Å². The van der Waals surface area contributed by atoms with Crippen LogP contribution in [0, 0.1) is 23.7 Å². The minimum Gasteiger partial charge on any atom is -0.507 e. The predicted molar refractivity (Wildman–Crippen MR) is 118 cm³/mol. The summed E-state index contributed by atoms with van der Waals surface area (Å²) in [5.41, 5.74) is -3.19. The summed E-state index contributed by atoms with van der Waals surface area (Å²) < 4.78 is 10.8. The van der Waals surface area contributed by atoms with E-state index < -0.39 is 35.3 Å². The Hall–Kier alpha value is -1.80. The van der Waals surface area contributed by atoms with E-state index in [9.17, 15) is 25.2 Å². The van der Waals surface area contributed by atoms with E-state index in [1.165, 1.54) is 13.2 Å². The first-order valence-electron chi connectivity index (χ1n) is 10.8. The maximum Gasteiger partial charge on any atom is 0.342 e. The van der Waals surface area contributed by atoms with E-state index in [4.69, 9.17) is 21.1 Å². The van der Waals surface area contributed by atoms with Crippen LogP contribution in [0.2, 0.25) is 5.02 Å². The van der Waals surface area contributed by atoms with Crippen molar-refractivity contribution in [1.82, 2.24) is 0 Å². The summed E-state index contributed by atoms with van der Waals surface area (Å²) in [4.78, 5) is 13.0. The van der Waals surface area contributed by atoms with E-state index in [0.717, 1.165) is 0 Å². The van der Waals surface area contributed by atoms with Gasteiger partial charge < -0.3 is 29.9 Å². The molecule has 0 aliphatic heterocycles. The molecule has 0 heterocycles. The molecule has 0 unspecified atom stereocenters. The number of phenolic OH excluding ortho intramolecular Hbond substituents is 1. The van der Waals surface area contributed by atoms with Crippen molar-refractivity contribution >= 4 is 17.6 Å². The van der Waals surface area contributed by atoms with Crippen LogP contribution in [0.25, 0.3) is 0 Å². The van der Waals surface area contributed by atoms with Crippen molar-refractivity contribution in [3.63, 3.8) is 0 Å². The van der Waals surface area contributed by atoms with Crippen molar-refractivity contribution in [1.29, 1.82) is 0 Å². The van der Waals surface area contributed by atoms with E-state index in [-0.39, 0.29) is 39.0 Å². The number of carbonyl (C=O) groups is 1. The summed E-state index contributed by atoms with van der Waals surface area (Å²) in [6.07, 6.45) is 2.18. The Labute approximate surface area is 192 Å². The summed E-state index contributed by atoms with van der Waals surface area (Å²) >= 11 is 6.24. The van der Waals surface area contributed by atoms with Crippen LogP contribution in [0.15, 0.2) is 17.7 Å². The fourth-order valence-electron chi connectivity index (χ4n) is 6.57. The lowest BCUT2D eigenvalue weighted by atomic mass is 9.43. The van der Waals surface area contributed by atoms with Crippen molar-refractivity contribution < 1.29 is 34.7 Å². The van der Waals surface area contributed by atoms with Gasteiger partial charge in [0.05, 0.1) is 24.3 Å². The highest BCUT2D eigenvalue weighted by molar-refractivity contribution is 6.33. The number of ether oxygens (including phenoxy) is 2. The molecule has 4 N–H and O–H groups in total. The largest absolute Gasteiger partial charge is 0.507 e. The number of fused-ring (bicyclic) bond motifs is 3. The fraction of sp³-hybridized carbons (Fsp3) is 0.625. The average Bonchev–Trinajstić information content (AvgIpc) is 2.96. The molecule has 7 nitrogen and oxygen atoms in total. The van der Waals surface area contributed by atoms with Crippen LogP contribution < -0.4 is 4.74 Å². The number of hydrogen-bond donors (Lipinski definition) is 4. The average molecular weight is 467 g/mol. The van der Waals surface area contributed by atoms with Gasteiger partial charge in [-0.1, -0.05) is 32.4 Å². The first-order chi connectivity index (χ1) is 14.7. The fourth-order valence-corrected chi connectivity index (χ4v) is 6.80. The van der Waals surface area contributed by atoms with Gasteiger partial charge in [-0.05, 0) is 48.8 Å². The zero-order chi connectivity index (χ0) is 23.9. The number of aliphatic hydroxyl groups is 3. The molecule has 0 spiro atoms. The minimum atomic E-state index is -1.62. The zero-order valence-corrected chi connectivity index (χ0v) is 19.8. The molecule has 1 aromatic carbocycles. The standard InChI is InChI=1S/C24H31ClO7/c1-12-18(14(27)6-15(31-5)19(12)25)20(28)32-17-9-22(4)16-8-21(2,3)11-23(16,29)7-13(10-26)24(17,22)30/h6-7,16-17,26-27,29-30H,8-11H2,1-5H3/t16-,17-,22-,23+,24+/m1/s1. The Morgan fingerprint density at radius 2 is 1.91 bits per heavy atom. The Morgan fingerprint density at radius 3 is 2.50 bits per heavy atom. The number of aromatic hydroxyl groups is 1. The number of esters is 1. The van der Waals surface area contributed by atoms with E-state index >= 15 is 0 Å². The van der Waals surface area contributed by atoms with Crippen molar-refractivity contribution in [3.8, 4) is 11.5 Å². The number of halogens is 1. The van der Waals surface area contributed by atoms with Gasteiger partial charge in [-0.3, -0.25) is 0 Å². The SMILES string of the molecule is COc1cc(O)c(C(=O)O[C@@H]2C[C@]3(C)[C@H]4CC(C)(C)C[C@@]4(O)C=C(CO)[C@]23O)c(C)c1Cl. The van der Waals surface area contributed by atoms with Gasteiger partial charge >= 0.3 is 5.97 Å². The molecule has 0 saturated heterocycles. The predicted octanol–water partition coefficient (Wildman–Crippen LogP) is 3.13. The van der Waals surface area contributed by atoms with E-state index in [2.05, 4.69) is 13.8 Å². The molecule has 176 valence electrons. The van der Waals surface area contributed by atoms with Gasteiger partial charge in [-0.15, -0.1) is 0 Å². The van der Waals surface area contributed by atoms with Crippen LogP contribution in [-0.4, -0.2) is 57.4 Å².